The summed E-state index contributed by atoms with van der Waals surface area (Å²) in [5.41, 5.74) is 0.231. The highest BCUT2D eigenvalue weighted by Crippen LogP contribution is 2.26. The largest absolute Gasteiger partial charge is 0.464 e. The van der Waals surface area contributed by atoms with E-state index in [1.807, 2.05) is 0 Å². The Hall–Kier alpha value is -1.27. The van der Waals surface area contributed by atoms with Crippen LogP contribution in [0.3, 0.4) is 0 Å². The molecule has 0 spiro atoms. The minimum Gasteiger partial charge on any atom is -0.464 e. The summed E-state index contributed by atoms with van der Waals surface area (Å²) in [5.74, 6) is -0.320. The van der Waals surface area contributed by atoms with Crippen molar-refractivity contribution in [2.45, 2.75) is 6.92 Å². The van der Waals surface area contributed by atoms with E-state index in [9.17, 15) is 4.39 Å². The molecule has 0 unspecified atom stereocenters. The average molecular weight is 333 g/mol. The number of nitrogens with zero attached hydrogens (tertiary/aromatic N) is 3. The molecule has 0 bridgehead atoms. The normalized spacial score (nSPS) is 10.4. The van der Waals surface area contributed by atoms with E-state index in [1.165, 1.54) is 0 Å². The van der Waals surface area contributed by atoms with Crippen LogP contribution in [0.2, 0.25) is 5.28 Å². The van der Waals surface area contributed by atoms with Crippen molar-refractivity contribution in [3.8, 4) is 17.4 Å². The Morgan fingerprint density at radius 1 is 1.33 bits per heavy atom. The van der Waals surface area contributed by atoms with E-state index in [1.54, 1.807) is 25.1 Å². The summed E-state index contributed by atoms with van der Waals surface area (Å²) in [7, 11) is 0. The van der Waals surface area contributed by atoms with E-state index in [4.69, 9.17) is 16.3 Å². The van der Waals surface area contributed by atoms with Gasteiger partial charge in [-0.2, -0.15) is 15.0 Å². The third-order valence-corrected chi connectivity index (χ3v) is 2.84. The lowest BCUT2D eigenvalue weighted by Crippen LogP contribution is -2.02. The van der Waals surface area contributed by atoms with Gasteiger partial charge in [0.2, 0.25) is 5.28 Å². The van der Waals surface area contributed by atoms with E-state index >= 15 is 0 Å². The van der Waals surface area contributed by atoms with Crippen molar-refractivity contribution < 1.29 is 9.13 Å². The summed E-state index contributed by atoms with van der Waals surface area (Å²) in [6.45, 7) is 2.18. The number of aromatic nitrogens is 3. The Morgan fingerprint density at radius 3 is 2.83 bits per heavy atom. The topological polar surface area (TPSA) is 47.9 Å². The molecular formula is C11H8BrClFN3O. The Morgan fingerprint density at radius 2 is 2.11 bits per heavy atom. The fourth-order valence-corrected chi connectivity index (χ4v) is 1.84. The van der Waals surface area contributed by atoms with Gasteiger partial charge in [-0.1, -0.05) is 6.07 Å². The van der Waals surface area contributed by atoms with Gasteiger partial charge in [-0.3, -0.25) is 0 Å². The molecule has 1 heterocycles. The quantitative estimate of drug-likeness (QED) is 0.863. The molecule has 0 aliphatic carbocycles. The molecule has 0 saturated carbocycles. The maximum Gasteiger partial charge on any atom is 0.321 e. The monoisotopic (exact) mass is 331 g/mol. The molecule has 1 aromatic carbocycles. The van der Waals surface area contributed by atoms with Gasteiger partial charge in [0.15, 0.2) is 5.82 Å². The molecule has 0 N–H and O–H groups in total. The summed E-state index contributed by atoms with van der Waals surface area (Å²) in [6.07, 6.45) is 0. The highest BCUT2D eigenvalue weighted by Gasteiger charge is 2.13. The van der Waals surface area contributed by atoms with E-state index in [-0.39, 0.29) is 22.7 Å². The van der Waals surface area contributed by atoms with Crippen LogP contribution in [0.25, 0.3) is 11.4 Å². The third-order valence-electron chi connectivity index (χ3n) is 2.05. The summed E-state index contributed by atoms with van der Waals surface area (Å²) >= 11 is 8.85. The lowest BCUT2D eigenvalue weighted by molar-refractivity contribution is 0.312. The minimum atomic E-state index is -0.456. The number of hydrogen-bond donors (Lipinski definition) is 0. The van der Waals surface area contributed by atoms with Crippen LogP contribution in [-0.4, -0.2) is 21.6 Å². The predicted octanol–water partition coefficient (Wildman–Crippen LogP) is 3.49. The van der Waals surface area contributed by atoms with E-state index < -0.39 is 5.82 Å². The van der Waals surface area contributed by atoms with Crippen molar-refractivity contribution >= 4 is 27.5 Å². The van der Waals surface area contributed by atoms with Gasteiger partial charge in [0, 0.05) is 0 Å². The molecule has 94 valence electrons. The fraction of sp³-hybridized carbons (Fsp3) is 0.182. The number of rotatable bonds is 3. The molecule has 0 aliphatic rings. The first-order chi connectivity index (χ1) is 8.61. The highest BCUT2D eigenvalue weighted by atomic mass is 79.9. The highest BCUT2D eigenvalue weighted by molar-refractivity contribution is 9.10. The Balaban J connectivity index is 2.53. The van der Waals surface area contributed by atoms with Crippen LogP contribution in [0.4, 0.5) is 4.39 Å². The maximum atomic E-state index is 13.9. The van der Waals surface area contributed by atoms with Crippen molar-refractivity contribution in [3.63, 3.8) is 0 Å². The SMILES string of the molecule is CCOc1nc(Cl)nc(-c2cccc(Br)c2F)n1. The van der Waals surface area contributed by atoms with Crippen molar-refractivity contribution in [2.24, 2.45) is 0 Å². The van der Waals surface area contributed by atoms with Gasteiger partial charge < -0.3 is 4.74 Å². The second-order valence-electron chi connectivity index (χ2n) is 3.25. The molecule has 4 nitrogen and oxygen atoms in total. The molecule has 7 heteroatoms. The van der Waals surface area contributed by atoms with E-state index in [0.717, 1.165) is 0 Å². The molecular weight excluding hydrogens is 324 g/mol. The summed E-state index contributed by atoms with van der Waals surface area (Å²) in [6, 6.07) is 4.90. The fourth-order valence-electron chi connectivity index (χ4n) is 1.32. The molecule has 2 rings (SSSR count). The molecule has 0 atom stereocenters. The average Bonchev–Trinajstić information content (AvgIpc) is 2.32. The van der Waals surface area contributed by atoms with Crippen molar-refractivity contribution in [3.05, 3.63) is 33.8 Å². The van der Waals surface area contributed by atoms with Gasteiger partial charge in [-0.05, 0) is 46.6 Å². The summed E-state index contributed by atoms with van der Waals surface area (Å²) < 4.78 is 19.4. The standard InChI is InChI=1S/C11H8BrClFN3O/c1-2-18-11-16-9(15-10(13)17-11)6-4-3-5-7(12)8(6)14/h3-5H,2H2,1H3. The molecule has 0 fully saturated rings. The van der Waals surface area contributed by atoms with Crippen LogP contribution in [-0.2, 0) is 0 Å². The zero-order valence-electron chi connectivity index (χ0n) is 9.32. The zero-order valence-corrected chi connectivity index (χ0v) is 11.7. The predicted molar refractivity (Wildman–Crippen MR) is 69.1 cm³/mol. The van der Waals surface area contributed by atoms with Crippen LogP contribution in [0.15, 0.2) is 22.7 Å². The lowest BCUT2D eigenvalue weighted by Gasteiger charge is -2.06. The van der Waals surface area contributed by atoms with Gasteiger partial charge in [0.05, 0.1) is 16.6 Å². The third kappa shape index (κ3) is 2.76. The molecule has 0 saturated heterocycles. The van der Waals surface area contributed by atoms with Crippen LogP contribution in [0, 0.1) is 5.82 Å². The number of hydrogen-bond acceptors (Lipinski definition) is 4. The van der Waals surface area contributed by atoms with Gasteiger partial charge in [0.1, 0.15) is 5.82 Å². The second kappa shape index (κ2) is 5.58. The number of ether oxygens (including phenoxy) is 1. The van der Waals surface area contributed by atoms with Crippen LogP contribution in [0.1, 0.15) is 6.92 Å². The van der Waals surface area contributed by atoms with Gasteiger partial charge in [-0.25, -0.2) is 4.39 Å². The number of benzene rings is 1. The van der Waals surface area contributed by atoms with E-state index in [2.05, 4.69) is 30.9 Å². The lowest BCUT2D eigenvalue weighted by atomic mass is 10.2. The first-order valence-corrected chi connectivity index (χ1v) is 6.27. The minimum absolute atomic E-state index is 0.0391. The van der Waals surface area contributed by atoms with Gasteiger partial charge in [-0.15, -0.1) is 0 Å². The Bertz CT molecular complexity index is 582. The molecule has 0 radical (unpaired) electrons. The molecule has 0 amide bonds. The number of halogens is 3. The zero-order chi connectivity index (χ0) is 13.1. The maximum absolute atomic E-state index is 13.9. The molecule has 2 aromatic rings. The summed E-state index contributed by atoms with van der Waals surface area (Å²) in [5, 5.41) is -0.0391. The van der Waals surface area contributed by atoms with Crippen LogP contribution < -0.4 is 4.74 Å². The second-order valence-corrected chi connectivity index (χ2v) is 4.44. The molecule has 18 heavy (non-hydrogen) atoms. The first kappa shape index (κ1) is 13.2. The Labute approximate surface area is 116 Å². The van der Waals surface area contributed by atoms with Crippen molar-refractivity contribution in [2.75, 3.05) is 6.61 Å². The van der Waals surface area contributed by atoms with Crippen LogP contribution >= 0.6 is 27.5 Å². The molecule has 1 aromatic heterocycles. The van der Waals surface area contributed by atoms with E-state index in [0.29, 0.717) is 11.1 Å². The smallest absolute Gasteiger partial charge is 0.321 e. The first-order valence-electron chi connectivity index (χ1n) is 5.10. The summed E-state index contributed by atoms with van der Waals surface area (Å²) in [4.78, 5) is 11.7. The van der Waals surface area contributed by atoms with Gasteiger partial charge >= 0.3 is 6.01 Å². The Kier molecular flexibility index (Phi) is 4.08. The van der Waals surface area contributed by atoms with Crippen LogP contribution in [0.5, 0.6) is 6.01 Å². The molecule has 0 aliphatic heterocycles. The van der Waals surface area contributed by atoms with Crippen molar-refractivity contribution in [1.82, 2.24) is 15.0 Å². The van der Waals surface area contributed by atoms with Gasteiger partial charge in [0.25, 0.3) is 0 Å². The van der Waals surface area contributed by atoms with Crippen molar-refractivity contribution in [1.29, 1.82) is 0 Å².